The molecule has 0 aliphatic carbocycles. The smallest absolute Gasteiger partial charge is 0.207 e. The maximum absolute atomic E-state index is 6.27. The van der Waals surface area contributed by atoms with Crippen LogP contribution in [0.25, 0.3) is 11.1 Å². The van der Waals surface area contributed by atoms with Crippen LogP contribution in [0.15, 0.2) is 48.5 Å². The molecule has 0 spiro atoms. The van der Waals surface area contributed by atoms with E-state index in [0.29, 0.717) is 26.9 Å². The lowest BCUT2D eigenvalue weighted by molar-refractivity contribution is 0.305. The molecule has 0 saturated heterocycles. The molecule has 106 valence electrons. The Morgan fingerprint density at radius 3 is 2.43 bits per heavy atom. The van der Waals surface area contributed by atoms with Gasteiger partial charge in [-0.3, -0.25) is 0 Å². The maximum Gasteiger partial charge on any atom is 0.207 e. The fourth-order valence-corrected chi connectivity index (χ4v) is 2.87. The van der Waals surface area contributed by atoms with Gasteiger partial charge in [0.05, 0.1) is 5.02 Å². The van der Waals surface area contributed by atoms with Crippen LogP contribution in [0.5, 0.6) is 5.75 Å². The quantitative estimate of drug-likeness (QED) is 0.665. The summed E-state index contributed by atoms with van der Waals surface area (Å²) in [4.78, 5) is 0. The van der Waals surface area contributed by atoms with Crippen LogP contribution in [0.3, 0.4) is 0 Å². The fraction of sp³-hybridized carbons (Fsp3) is 0.0667. The van der Waals surface area contributed by atoms with Crippen molar-refractivity contribution in [2.75, 3.05) is 0 Å². The molecule has 2 aromatic carbocycles. The zero-order chi connectivity index (χ0) is 14.7. The molecule has 3 nitrogen and oxygen atoms in total. The van der Waals surface area contributed by atoms with E-state index < -0.39 is 0 Å². The molecular formula is C15H10Cl2N2OS. The van der Waals surface area contributed by atoms with Crippen LogP contribution < -0.4 is 4.74 Å². The Hall–Kier alpha value is -1.62. The molecule has 0 fully saturated rings. The van der Waals surface area contributed by atoms with Crippen LogP contribution in [-0.4, -0.2) is 10.2 Å². The summed E-state index contributed by atoms with van der Waals surface area (Å²) in [7, 11) is 0. The van der Waals surface area contributed by atoms with E-state index in [1.807, 2.05) is 48.5 Å². The predicted octanol–water partition coefficient (Wildman–Crippen LogP) is 5.09. The van der Waals surface area contributed by atoms with E-state index in [-0.39, 0.29) is 0 Å². The summed E-state index contributed by atoms with van der Waals surface area (Å²) in [5, 5.41) is 8.89. The van der Waals surface area contributed by atoms with E-state index in [0.717, 1.165) is 11.1 Å². The first-order chi connectivity index (χ1) is 10.2. The summed E-state index contributed by atoms with van der Waals surface area (Å²) in [5.41, 5.74) is 2.16. The van der Waals surface area contributed by atoms with Crippen molar-refractivity contribution in [2.24, 2.45) is 0 Å². The van der Waals surface area contributed by atoms with Crippen LogP contribution >= 0.6 is 34.5 Å². The van der Waals surface area contributed by atoms with Gasteiger partial charge in [0.25, 0.3) is 0 Å². The molecule has 3 rings (SSSR count). The summed E-state index contributed by atoms with van der Waals surface area (Å²) < 4.78 is 6.05. The number of aromatic nitrogens is 2. The van der Waals surface area contributed by atoms with Gasteiger partial charge in [-0.2, -0.15) is 0 Å². The topological polar surface area (TPSA) is 35.0 Å². The first kappa shape index (κ1) is 14.3. The molecule has 6 heteroatoms. The molecule has 21 heavy (non-hydrogen) atoms. The molecule has 0 aliphatic heterocycles. The molecule has 0 N–H and O–H groups in total. The minimum atomic E-state index is 0.300. The van der Waals surface area contributed by atoms with E-state index in [4.69, 9.17) is 27.9 Å². The summed E-state index contributed by atoms with van der Waals surface area (Å²) >= 11 is 13.3. The zero-order valence-electron chi connectivity index (χ0n) is 10.8. The largest absolute Gasteiger partial charge is 0.485 e. The highest BCUT2D eigenvalue weighted by Crippen LogP contribution is 2.31. The van der Waals surface area contributed by atoms with Crippen molar-refractivity contribution < 1.29 is 4.74 Å². The minimum absolute atomic E-state index is 0.300. The number of nitrogens with zero attached hydrogens (tertiary/aromatic N) is 2. The van der Waals surface area contributed by atoms with Crippen molar-refractivity contribution in [3.05, 3.63) is 63.0 Å². The van der Waals surface area contributed by atoms with Crippen molar-refractivity contribution >= 4 is 34.5 Å². The molecular weight excluding hydrogens is 327 g/mol. The molecule has 3 aromatic rings. The van der Waals surface area contributed by atoms with E-state index in [2.05, 4.69) is 10.2 Å². The third-order valence-corrected chi connectivity index (χ3v) is 4.12. The number of hydrogen-bond acceptors (Lipinski definition) is 4. The zero-order valence-corrected chi connectivity index (χ0v) is 13.1. The Bertz CT molecular complexity index is 746. The SMILES string of the molecule is Clc1nnc(COc2ccc(-c3ccccc3)cc2Cl)s1. The molecule has 1 aromatic heterocycles. The summed E-state index contributed by atoms with van der Waals surface area (Å²) in [6.45, 7) is 0.300. The van der Waals surface area contributed by atoms with Gasteiger partial charge < -0.3 is 4.74 Å². The molecule has 0 saturated carbocycles. The molecule has 0 amide bonds. The number of ether oxygens (including phenoxy) is 1. The minimum Gasteiger partial charge on any atom is -0.485 e. The van der Waals surface area contributed by atoms with Gasteiger partial charge in [0.1, 0.15) is 12.4 Å². The number of hydrogen-bond donors (Lipinski definition) is 0. The van der Waals surface area contributed by atoms with Crippen molar-refractivity contribution in [1.82, 2.24) is 10.2 Å². The van der Waals surface area contributed by atoms with E-state index in [9.17, 15) is 0 Å². The average molecular weight is 337 g/mol. The van der Waals surface area contributed by atoms with E-state index in [1.54, 1.807) is 0 Å². The Morgan fingerprint density at radius 1 is 0.952 bits per heavy atom. The van der Waals surface area contributed by atoms with Gasteiger partial charge in [0.15, 0.2) is 5.01 Å². The number of benzene rings is 2. The molecule has 1 heterocycles. The van der Waals surface area contributed by atoms with E-state index in [1.165, 1.54) is 11.3 Å². The Balaban J connectivity index is 1.75. The molecule has 0 atom stereocenters. The highest BCUT2D eigenvalue weighted by molar-refractivity contribution is 7.15. The lowest BCUT2D eigenvalue weighted by Crippen LogP contribution is -1.95. The first-order valence-electron chi connectivity index (χ1n) is 6.18. The lowest BCUT2D eigenvalue weighted by atomic mass is 10.1. The Labute approximate surface area is 136 Å². The molecule has 0 bridgehead atoms. The van der Waals surface area contributed by atoms with Crippen molar-refractivity contribution in [3.63, 3.8) is 0 Å². The summed E-state index contributed by atoms with van der Waals surface area (Å²) in [6.07, 6.45) is 0. The second-order valence-electron chi connectivity index (χ2n) is 4.25. The van der Waals surface area contributed by atoms with Crippen LogP contribution in [0.1, 0.15) is 5.01 Å². The maximum atomic E-state index is 6.27. The Kier molecular flexibility index (Phi) is 4.39. The predicted molar refractivity (Wildman–Crippen MR) is 86.1 cm³/mol. The van der Waals surface area contributed by atoms with Crippen LogP contribution in [0.2, 0.25) is 9.49 Å². The fourth-order valence-electron chi connectivity index (χ4n) is 1.86. The highest BCUT2D eigenvalue weighted by Gasteiger charge is 2.07. The van der Waals surface area contributed by atoms with Crippen LogP contribution in [0, 0.1) is 0 Å². The number of halogens is 2. The molecule has 0 unspecified atom stereocenters. The third-order valence-electron chi connectivity index (χ3n) is 2.83. The van der Waals surface area contributed by atoms with Gasteiger partial charge in [0.2, 0.25) is 4.47 Å². The highest BCUT2D eigenvalue weighted by atomic mass is 35.5. The van der Waals surface area contributed by atoms with Crippen molar-refractivity contribution in [2.45, 2.75) is 6.61 Å². The monoisotopic (exact) mass is 336 g/mol. The second-order valence-corrected chi connectivity index (χ2v) is 6.30. The molecule has 0 aliphatic rings. The van der Waals surface area contributed by atoms with Gasteiger partial charge in [-0.15, -0.1) is 10.2 Å². The second kappa shape index (κ2) is 6.43. The summed E-state index contributed by atoms with van der Waals surface area (Å²) in [5.74, 6) is 0.614. The van der Waals surface area contributed by atoms with Crippen molar-refractivity contribution in [1.29, 1.82) is 0 Å². The van der Waals surface area contributed by atoms with Gasteiger partial charge in [-0.05, 0) is 34.9 Å². The lowest BCUT2D eigenvalue weighted by Gasteiger charge is -2.08. The Morgan fingerprint density at radius 2 is 1.76 bits per heavy atom. The first-order valence-corrected chi connectivity index (χ1v) is 7.75. The van der Waals surface area contributed by atoms with Gasteiger partial charge >= 0.3 is 0 Å². The van der Waals surface area contributed by atoms with E-state index >= 15 is 0 Å². The standard InChI is InChI=1S/C15H10Cl2N2OS/c16-12-8-11(10-4-2-1-3-5-10)6-7-13(12)20-9-14-18-19-15(17)21-14/h1-8H,9H2. The van der Waals surface area contributed by atoms with Gasteiger partial charge in [-0.25, -0.2) is 0 Å². The third kappa shape index (κ3) is 3.53. The summed E-state index contributed by atoms with van der Waals surface area (Å²) in [6, 6.07) is 15.8. The van der Waals surface area contributed by atoms with Gasteiger partial charge in [-0.1, -0.05) is 59.3 Å². The average Bonchev–Trinajstić information content (AvgIpc) is 2.92. The van der Waals surface area contributed by atoms with Crippen molar-refractivity contribution in [3.8, 4) is 16.9 Å². The van der Waals surface area contributed by atoms with Crippen LogP contribution in [0.4, 0.5) is 0 Å². The van der Waals surface area contributed by atoms with Crippen LogP contribution in [-0.2, 0) is 6.61 Å². The van der Waals surface area contributed by atoms with Gasteiger partial charge in [0, 0.05) is 0 Å². The number of rotatable bonds is 4. The normalized spacial score (nSPS) is 10.6. The molecule has 0 radical (unpaired) electrons.